The Hall–Kier alpha value is 0.420. The van der Waals surface area contributed by atoms with Gasteiger partial charge in [0, 0.05) is 17.5 Å². The average Bonchev–Trinajstić information content (AvgIpc) is 3.01. The molecule has 0 aromatic heterocycles. The molecule has 17 heavy (non-hydrogen) atoms. The minimum Gasteiger partial charge on any atom is -0.296 e. The fourth-order valence-electron chi connectivity index (χ4n) is 3.08. The third kappa shape index (κ3) is 3.25. The van der Waals surface area contributed by atoms with Crippen LogP contribution in [0.4, 0.5) is 0 Å². The summed E-state index contributed by atoms with van der Waals surface area (Å²) >= 11 is 0. The van der Waals surface area contributed by atoms with E-state index in [2.05, 4.69) is 0 Å². The van der Waals surface area contributed by atoms with Crippen molar-refractivity contribution in [2.75, 3.05) is 6.16 Å². The Morgan fingerprint density at radius 1 is 1.12 bits per heavy atom. The molecule has 0 heterocycles. The summed E-state index contributed by atoms with van der Waals surface area (Å²) in [5.41, 5.74) is 0.407. The van der Waals surface area contributed by atoms with Crippen LogP contribution < -0.4 is 0 Å². The predicted octanol–water partition coefficient (Wildman–Crippen LogP) is 4.66. The van der Waals surface area contributed by atoms with E-state index in [1.807, 2.05) is 6.92 Å². The maximum atomic E-state index is 12.8. The molecule has 2 unspecified atom stereocenters. The molecule has 0 aliphatic heterocycles. The normalized spacial score (nSPS) is 28.3. The number of rotatable bonds is 5. The zero-order valence-corrected chi connectivity index (χ0v) is 12.6. The highest BCUT2D eigenvalue weighted by atomic mass is 31.2. The standard InChI is InChI=1S/C12H24O3P2/c1-2-17(14,12-9-5-6-10-12)15-16(13)11-7-3-4-8-11/h11-12,16H,2-10H2,1H3. The quantitative estimate of drug-likeness (QED) is 0.687. The van der Waals surface area contributed by atoms with E-state index in [4.69, 9.17) is 4.31 Å². The molecule has 3 nitrogen and oxygen atoms in total. The number of hydrogen-bond donors (Lipinski definition) is 0. The van der Waals surface area contributed by atoms with E-state index in [-0.39, 0.29) is 11.3 Å². The summed E-state index contributed by atoms with van der Waals surface area (Å²) in [7, 11) is -4.71. The van der Waals surface area contributed by atoms with Crippen molar-refractivity contribution in [1.82, 2.24) is 0 Å². The van der Waals surface area contributed by atoms with Gasteiger partial charge in [-0.1, -0.05) is 32.6 Å². The minimum absolute atomic E-state index is 0.197. The Balaban J connectivity index is 1.97. The van der Waals surface area contributed by atoms with Crippen molar-refractivity contribution in [2.45, 2.75) is 69.6 Å². The van der Waals surface area contributed by atoms with Gasteiger partial charge in [0.2, 0.25) is 7.37 Å². The largest absolute Gasteiger partial charge is 0.296 e. The molecule has 0 radical (unpaired) electrons. The smallest absolute Gasteiger partial charge is 0.211 e. The SMILES string of the molecule is CCP(=O)(O[PH](=O)C1CCCC1)C1CCCC1. The maximum absolute atomic E-state index is 12.8. The van der Waals surface area contributed by atoms with Gasteiger partial charge in [-0.25, -0.2) is 0 Å². The molecular formula is C12H24O3P2. The average molecular weight is 278 g/mol. The monoisotopic (exact) mass is 278 g/mol. The summed E-state index contributed by atoms with van der Waals surface area (Å²) < 4.78 is 30.6. The van der Waals surface area contributed by atoms with Gasteiger partial charge >= 0.3 is 0 Å². The van der Waals surface area contributed by atoms with E-state index >= 15 is 0 Å². The summed E-state index contributed by atoms with van der Waals surface area (Å²) in [5.74, 6) is 0. The molecule has 0 aromatic carbocycles. The van der Waals surface area contributed by atoms with Crippen LogP contribution >= 0.6 is 15.4 Å². The van der Waals surface area contributed by atoms with Crippen LogP contribution in [-0.2, 0) is 13.4 Å². The lowest BCUT2D eigenvalue weighted by Gasteiger charge is -2.24. The summed E-state index contributed by atoms with van der Waals surface area (Å²) in [4.78, 5) is 0. The fourth-order valence-corrected chi connectivity index (χ4v) is 8.56. The molecule has 100 valence electrons. The molecule has 0 aromatic rings. The van der Waals surface area contributed by atoms with Crippen LogP contribution in [0, 0.1) is 0 Å². The molecule has 2 rings (SSSR count). The van der Waals surface area contributed by atoms with E-state index in [0.29, 0.717) is 6.16 Å². The first-order valence-corrected chi connectivity index (χ1v) is 10.2. The molecule has 0 amide bonds. The highest BCUT2D eigenvalue weighted by Crippen LogP contribution is 2.63. The van der Waals surface area contributed by atoms with Gasteiger partial charge in [-0.15, -0.1) is 0 Å². The van der Waals surface area contributed by atoms with Crippen molar-refractivity contribution in [1.29, 1.82) is 0 Å². The van der Waals surface area contributed by atoms with E-state index < -0.39 is 15.4 Å². The molecule has 2 saturated carbocycles. The van der Waals surface area contributed by atoms with Crippen LogP contribution in [0.5, 0.6) is 0 Å². The summed E-state index contributed by atoms with van der Waals surface area (Å²) in [6.45, 7) is 1.92. The van der Waals surface area contributed by atoms with Crippen molar-refractivity contribution < 1.29 is 13.4 Å². The van der Waals surface area contributed by atoms with Crippen LogP contribution in [0.25, 0.3) is 0 Å². The summed E-state index contributed by atoms with van der Waals surface area (Å²) in [6.07, 6.45) is 9.20. The number of hydrogen-bond acceptors (Lipinski definition) is 3. The first-order chi connectivity index (χ1) is 8.15. The molecule has 2 aliphatic rings. The first kappa shape index (κ1) is 13.8. The molecule has 2 fully saturated rings. The van der Waals surface area contributed by atoms with E-state index in [1.165, 1.54) is 0 Å². The maximum Gasteiger partial charge on any atom is 0.211 e. The molecule has 0 bridgehead atoms. The Morgan fingerprint density at radius 3 is 2.18 bits per heavy atom. The van der Waals surface area contributed by atoms with Gasteiger partial charge in [0.1, 0.15) is 0 Å². The van der Waals surface area contributed by atoms with Gasteiger partial charge in [-0.2, -0.15) is 0 Å². The molecule has 2 aliphatic carbocycles. The zero-order chi connectivity index (χ0) is 12.3. The Morgan fingerprint density at radius 2 is 1.65 bits per heavy atom. The molecule has 2 atom stereocenters. The van der Waals surface area contributed by atoms with E-state index in [1.54, 1.807) is 0 Å². The Bertz CT molecular complexity index is 318. The molecule has 0 N–H and O–H groups in total. The topological polar surface area (TPSA) is 43.4 Å². The molecular weight excluding hydrogens is 254 g/mol. The van der Waals surface area contributed by atoms with Crippen LogP contribution in [-0.4, -0.2) is 17.5 Å². The molecule has 5 heteroatoms. The van der Waals surface area contributed by atoms with Crippen LogP contribution in [0.3, 0.4) is 0 Å². The second kappa shape index (κ2) is 6.04. The van der Waals surface area contributed by atoms with Gasteiger partial charge in [0.15, 0.2) is 8.03 Å². The van der Waals surface area contributed by atoms with Crippen LogP contribution in [0.2, 0.25) is 0 Å². The van der Waals surface area contributed by atoms with E-state index in [9.17, 15) is 9.13 Å². The van der Waals surface area contributed by atoms with Crippen molar-refractivity contribution in [3.05, 3.63) is 0 Å². The molecule has 0 saturated heterocycles. The van der Waals surface area contributed by atoms with Gasteiger partial charge in [0.25, 0.3) is 0 Å². The lowest BCUT2D eigenvalue weighted by atomic mass is 10.4. The zero-order valence-electron chi connectivity index (χ0n) is 10.7. The second-order valence-electron chi connectivity index (χ2n) is 5.37. The lowest BCUT2D eigenvalue weighted by molar-refractivity contribution is 0.453. The predicted molar refractivity (Wildman–Crippen MR) is 72.7 cm³/mol. The molecule has 0 spiro atoms. The van der Waals surface area contributed by atoms with Gasteiger partial charge in [-0.3, -0.25) is 13.4 Å². The Kier molecular flexibility index (Phi) is 4.92. The van der Waals surface area contributed by atoms with Crippen molar-refractivity contribution in [3.8, 4) is 0 Å². The van der Waals surface area contributed by atoms with Crippen LogP contribution in [0.1, 0.15) is 58.3 Å². The van der Waals surface area contributed by atoms with E-state index in [0.717, 1.165) is 51.4 Å². The highest BCUT2D eigenvalue weighted by Gasteiger charge is 2.37. The van der Waals surface area contributed by atoms with Crippen LogP contribution in [0.15, 0.2) is 0 Å². The van der Waals surface area contributed by atoms with Gasteiger partial charge < -0.3 is 0 Å². The second-order valence-corrected chi connectivity index (χ2v) is 10.4. The van der Waals surface area contributed by atoms with Crippen molar-refractivity contribution >= 4 is 15.4 Å². The summed E-state index contributed by atoms with van der Waals surface area (Å²) in [5, 5.41) is 0. The fraction of sp³-hybridized carbons (Fsp3) is 1.00. The third-order valence-electron chi connectivity index (χ3n) is 4.25. The summed E-state index contributed by atoms with van der Waals surface area (Å²) in [6, 6.07) is 0. The highest BCUT2D eigenvalue weighted by molar-refractivity contribution is 7.66. The first-order valence-electron chi connectivity index (χ1n) is 6.98. The van der Waals surface area contributed by atoms with Crippen molar-refractivity contribution in [2.24, 2.45) is 0 Å². The van der Waals surface area contributed by atoms with Gasteiger partial charge in [0.05, 0.1) is 0 Å². The van der Waals surface area contributed by atoms with Gasteiger partial charge in [-0.05, 0) is 25.7 Å². The van der Waals surface area contributed by atoms with Crippen molar-refractivity contribution in [3.63, 3.8) is 0 Å². The Labute approximate surface area is 105 Å². The minimum atomic E-state index is -2.62. The lowest BCUT2D eigenvalue weighted by Crippen LogP contribution is -2.07. The third-order valence-corrected chi connectivity index (χ3v) is 9.97.